The first-order valence-corrected chi connectivity index (χ1v) is 27.2. The Labute approximate surface area is 401 Å². The van der Waals surface area contributed by atoms with Crippen LogP contribution in [0.5, 0.6) is 0 Å². The summed E-state index contributed by atoms with van der Waals surface area (Å²) in [7, 11) is 0. The second-order valence-corrected chi connectivity index (χ2v) is 17.9. The number of unbranched alkanes of at least 4 members (excludes halogenated alkanes) is 28. The van der Waals surface area contributed by atoms with Crippen molar-refractivity contribution in [2.24, 2.45) is 0 Å². The van der Waals surface area contributed by atoms with Gasteiger partial charge in [-0.25, -0.2) is 0 Å². The summed E-state index contributed by atoms with van der Waals surface area (Å²) in [6, 6.07) is 0. The van der Waals surface area contributed by atoms with Crippen molar-refractivity contribution in [2.75, 3.05) is 13.2 Å². The highest BCUT2D eigenvalue weighted by Gasteiger charge is 2.19. The molecule has 6 nitrogen and oxygen atoms in total. The van der Waals surface area contributed by atoms with E-state index in [9.17, 15) is 14.4 Å². The lowest BCUT2D eigenvalue weighted by Gasteiger charge is -2.18. The fraction of sp³-hybridized carbons (Fsp3) is 0.712. The van der Waals surface area contributed by atoms with Crippen molar-refractivity contribution in [2.45, 2.75) is 258 Å². The summed E-state index contributed by atoms with van der Waals surface area (Å²) >= 11 is 0. The number of allylic oxidation sites excluding steroid dienone is 14. The highest BCUT2D eigenvalue weighted by molar-refractivity contribution is 5.71. The topological polar surface area (TPSA) is 78.9 Å². The molecule has 1 unspecified atom stereocenters. The van der Waals surface area contributed by atoms with Crippen LogP contribution in [0.25, 0.3) is 0 Å². The third-order valence-corrected chi connectivity index (χ3v) is 11.5. The number of esters is 3. The molecule has 0 fully saturated rings. The zero-order chi connectivity index (χ0) is 47.2. The lowest BCUT2D eigenvalue weighted by Crippen LogP contribution is -2.30. The Morgan fingerprint density at radius 3 is 0.938 bits per heavy atom. The first-order chi connectivity index (χ1) is 32.0. The minimum absolute atomic E-state index is 0.0903. The van der Waals surface area contributed by atoms with Crippen LogP contribution in [0.1, 0.15) is 252 Å². The maximum absolute atomic E-state index is 12.8. The van der Waals surface area contributed by atoms with E-state index in [2.05, 4.69) is 81.5 Å². The van der Waals surface area contributed by atoms with Crippen LogP contribution < -0.4 is 0 Å². The summed E-state index contributed by atoms with van der Waals surface area (Å²) in [5.74, 6) is -0.929. The van der Waals surface area contributed by atoms with Gasteiger partial charge in [0.2, 0.25) is 0 Å². The Kier molecular flexibility index (Phi) is 50.4. The molecule has 0 radical (unpaired) electrons. The molecule has 0 aliphatic rings. The van der Waals surface area contributed by atoms with Crippen molar-refractivity contribution in [3.8, 4) is 0 Å². The number of hydrogen-bond acceptors (Lipinski definition) is 6. The van der Waals surface area contributed by atoms with Gasteiger partial charge in [0.05, 0.1) is 0 Å². The van der Waals surface area contributed by atoms with E-state index in [1.807, 2.05) is 24.3 Å². The molecule has 1 atom stereocenters. The highest BCUT2D eigenvalue weighted by Crippen LogP contribution is 2.15. The smallest absolute Gasteiger partial charge is 0.306 e. The Bertz CT molecular complexity index is 1270. The van der Waals surface area contributed by atoms with Gasteiger partial charge in [-0.1, -0.05) is 254 Å². The van der Waals surface area contributed by atoms with Gasteiger partial charge in [0.25, 0.3) is 0 Å². The van der Waals surface area contributed by atoms with Crippen LogP contribution in [0.4, 0.5) is 0 Å². The van der Waals surface area contributed by atoms with E-state index in [-0.39, 0.29) is 31.1 Å². The van der Waals surface area contributed by atoms with E-state index in [0.29, 0.717) is 19.3 Å². The van der Waals surface area contributed by atoms with Gasteiger partial charge in [0.15, 0.2) is 6.10 Å². The summed E-state index contributed by atoms with van der Waals surface area (Å²) in [4.78, 5) is 38.0. The quantitative estimate of drug-likeness (QED) is 0.0262. The zero-order valence-electron chi connectivity index (χ0n) is 42.5. The van der Waals surface area contributed by atoms with Crippen LogP contribution in [-0.2, 0) is 28.6 Å². The predicted molar refractivity (Wildman–Crippen MR) is 279 cm³/mol. The molecule has 6 heteroatoms. The molecule has 0 aliphatic heterocycles. The summed E-state index contributed by atoms with van der Waals surface area (Å²) in [5.41, 5.74) is 0. The van der Waals surface area contributed by atoms with Gasteiger partial charge in [0.1, 0.15) is 13.2 Å². The van der Waals surface area contributed by atoms with E-state index in [1.165, 1.54) is 109 Å². The molecule has 372 valence electrons. The van der Waals surface area contributed by atoms with Crippen molar-refractivity contribution >= 4 is 17.9 Å². The minimum Gasteiger partial charge on any atom is -0.462 e. The van der Waals surface area contributed by atoms with Gasteiger partial charge in [-0.05, 0) is 64.2 Å². The Hall–Kier alpha value is -3.41. The SMILES string of the molecule is CCC\C=C/C=C\C=C/C=C\C=C/CCCCCCCC(=O)OCC(COC(=O)CCCCCCCCCCCCC)OC(=O)CCCCCCC/C=C\C=C/CCCCCCCCC. The molecule has 0 aliphatic carbocycles. The standard InChI is InChI=1S/C59H100O6/c1-4-7-10-13-16-19-22-24-26-28-30-32-34-37-40-43-46-49-52-58(61)64-55-56(54-63-57(60)51-48-45-42-39-36-21-18-15-12-9-6-3)65-59(62)53-50-47-44-41-38-35-33-31-29-27-25-23-20-17-14-11-8-5-2/h10,13,16,19,22,24,26-33,56H,4-9,11-12,14-15,17-18,20-21,23,25,34-55H2,1-3H3/b13-10-,19-16-,24-22-,28-26-,29-27-,32-30-,33-31-. The second kappa shape index (κ2) is 53.2. The fourth-order valence-electron chi connectivity index (χ4n) is 7.40. The molecule has 0 amide bonds. The van der Waals surface area contributed by atoms with Gasteiger partial charge in [-0.3, -0.25) is 14.4 Å². The summed E-state index contributed by atoms with van der Waals surface area (Å²) in [6.07, 6.45) is 68.4. The molecule has 0 saturated heterocycles. The number of rotatable bonds is 48. The first kappa shape index (κ1) is 61.6. The molecule has 0 bridgehead atoms. The van der Waals surface area contributed by atoms with Gasteiger partial charge < -0.3 is 14.2 Å². The largest absolute Gasteiger partial charge is 0.462 e. The van der Waals surface area contributed by atoms with Crippen molar-refractivity contribution in [3.63, 3.8) is 0 Å². The van der Waals surface area contributed by atoms with Crippen molar-refractivity contribution in [3.05, 3.63) is 85.1 Å². The van der Waals surface area contributed by atoms with Crippen LogP contribution in [0.2, 0.25) is 0 Å². The van der Waals surface area contributed by atoms with Gasteiger partial charge >= 0.3 is 17.9 Å². The number of hydrogen-bond donors (Lipinski definition) is 0. The maximum atomic E-state index is 12.8. The summed E-state index contributed by atoms with van der Waals surface area (Å²) in [6.45, 7) is 6.51. The first-order valence-electron chi connectivity index (χ1n) is 27.2. The fourth-order valence-corrected chi connectivity index (χ4v) is 7.40. The van der Waals surface area contributed by atoms with Crippen LogP contribution in [0.3, 0.4) is 0 Å². The van der Waals surface area contributed by atoms with Gasteiger partial charge in [0, 0.05) is 19.3 Å². The molecule has 0 aromatic rings. The number of carbonyl (C=O) groups excluding carboxylic acids is 3. The van der Waals surface area contributed by atoms with E-state index in [1.54, 1.807) is 0 Å². The van der Waals surface area contributed by atoms with Gasteiger partial charge in [-0.15, -0.1) is 0 Å². The molecule has 0 N–H and O–H groups in total. The number of ether oxygens (including phenoxy) is 3. The molecule has 0 heterocycles. The molecular formula is C59H100O6. The average Bonchev–Trinajstić information content (AvgIpc) is 3.30. The minimum atomic E-state index is -0.794. The highest BCUT2D eigenvalue weighted by atomic mass is 16.6. The Balaban J connectivity index is 4.45. The Morgan fingerprint density at radius 1 is 0.308 bits per heavy atom. The third-order valence-electron chi connectivity index (χ3n) is 11.5. The van der Waals surface area contributed by atoms with Crippen molar-refractivity contribution in [1.29, 1.82) is 0 Å². The van der Waals surface area contributed by atoms with Crippen LogP contribution in [-0.4, -0.2) is 37.2 Å². The lowest BCUT2D eigenvalue weighted by molar-refractivity contribution is -0.167. The summed E-state index contributed by atoms with van der Waals surface area (Å²) in [5, 5.41) is 0. The molecule has 65 heavy (non-hydrogen) atoms. The van der Waals surface area contributed by atoms with E-state index >= 15 is 0 Å². The third kappa shape index (κ3) is 51.4. The normalized spacial score (nSPS) is 12.7. The van der Waals surface area contributed by atoms with E-state index < -0.39 is 6.10 Å². The maximum Gasteiger partial charge on any atom is 0.306 e. The molecule has 0 saturated carbocycles. The summed E-state index contributed by atoms with van der Waals surface area (Å²) < 4.78 is 16.8. The monoisotopic (exact) mass is 905 g/mol. The van der Waals surface area contributed by atoms with Crippen molar-refractivity contribution in [1.82, 2.24) is 0 Å². The van der Waals surface area contributed by atoms with Crippen LogP contribution >= 0.6 is 0 Å². The second-order valence-electron chi connectivity index (χ2n) is 17.9. The predicted octanol–water partition coefficient (Wildman–Crippen LogP) is 18.0. The molecule has 0 rings (SSSR count). The lowest BCUT2D eigenvalue weighted by atomic mass is 10.1. The van der Waals surface area contributed by atoms with E-state index in [4.69, 9.17) is 14.2 Å². The molecule has 0 aromatic carbocycles. The molecule has 0 aromatic heterocycles. The number of carbonyl (C=O) groups is 3. The molecular weight excluding hydrogens is 805 g/mol. The average molecular weight is 905 g/mol. The van der Waals surface area contributed by atoms with Crippen LogP contribution in [0.15, 0.2) is 85.1 Å². The van der Waals surface area contributed by atoms with Crippen LogP contribution in [0, 0.1) is 0 Å². The Morgan fingerprint density at radius 2 is 0.585 bits per heavy atom. The van der Waals surface area contributed by atoms with E-state index in [0.717, 1.165) is 103 Å². The zero-order valence-corrected chi connectivity index (χ0v) is 42.5. The van der Waals surface area contributed by atoms with Crippen molar-refractivity contribution < 1.29 is 28.6 Å². The molecule has 0 spiro atoms. The van der Waals surface area contributed by atoms with Gasteiger partial charge in [-0.2, -0.15) is 0 Å².